The van der Waals surface area contributed by atoms with Gasteiger partial charge in [-0.15, -0.1) is 0 Å². The molecular formula is C17H21NO5. The van der Waals surface area contributed by atoms with Crippen molar-refractivity contribution in [2.75, 3.05) is 0 Å². The van der Waals surface area contributed by atoms with Gasteiger partial charge in [-0.1, -0.05) is 30.3 Å². The highest BCUT2D eigenvalue weighted by Crippen LogP contribution is 2.39. The smallest absolute Gasteiger partial charge is 0.411 e. The van der Waals surface area contributed by atoms with E-state index in [9.17, 15) is 9.59 Å². The Bertz CT molecular complexity index is 588. The standard InChI is InChI=1S/C17H21NO5/c1-11-14-15(23-17(2,3)22-14)13(9-19)18(11)16(20)21-10-12-7-5-4-6-8-12/h4-9,11,13-15H,10H2,1-3H3/t11-,13-,14-,15+/m1/s1. The van der Waals surface area contributed by atoms with E-state index in [1.807, 2.05) is 37.3 Å². The molecule has 2 aliphatic rings. The zero-order valence-electron chi connectivity index (χ0n) is 13.5. The van der Waals surface area contributed by atoms with Crippen LogP contribution in [0.25, 0.3) is 0 Å². The molecule has 0 radical (unpaired) electrons. The summed E-state index contributed by atoms with van der Waals surface area (Å²) in [5.74, 6) is -0.745. The Labute approximate surface area is 135 Å². The molecule has 0 spiro atoms. The van der Waals surface area contributed by atoms with Crippen LogP contribution < -0.4 is 0 Å². The van der Waals surface area contributed by atoms with Gasteiger partial charge in [0.05, 0.1) is 6.04 Å². The molecule has 3 rings (SSSR count). The number of nitrogens with zero attached hydrogens (tertiary/aromatic N) is 1. The molecular weight excluding hydrogens is 298 g/mol. The summed E-state index contributed by atoms with van der Waals surface area (Å²) >= 11 is 0. The topological polar surface area (TPSA) is 65.1 Å². The highest BCUT2D eigenvalue weighted by molar-refractivity contribution is 5.75. The zero-order valence-corrected chi connectivity index (χ0v) is 13.5. The molecule has 23 heavy (non-hydrogen) atoms. The third-order valence-electron chi connectivity index (χ3n) is 4.29. The molecule has 1 amide bonds. The van der Waals surface area contributed by atoms with Gasteiger partial charge in [-0.25, -0.2) is 4.79 Å². The van der Waals surface area contributed by atoms with E-state index < -0.39 is 24.0 Å². The summed E-state index contributed by atoms with van der Waals surface area (Å²) in [5, 5.41) is 0. The molecule has 0 aromatic heterocycles. The minimum absolute atomic E-state index is 0.164. The number of hydrogen-bond donors (Lipinski definition) is 0. The molecule has 0 aliphatic carbocycles. The second-order valence-electron chi connectivity index (χ2n) is 6.38. The van der Waals surface area contributed by atoms with Crippen molar-refractivity contribution in [2.24, 2.45) is 0 Å². The van der Waals surface area contributed by atoms with Gasteiger partial charge < -0.3 is 19.0 Å². The van der Waals surface area contributed by atoms with Crippen molar-refractivity contribution in [2.45, 2.75) is 57.5 Å². The Balaban J connectivity index is 1.70. The zero-order chi connectivity index (χ0) is 16.6. The number of carbonyl (C=O) groups excluding carboxylic acids is 2. The fraction of sp³-hybridized carbons (Fsp3) is 0.529. The van der Waals surface area contributed by atoms with Gasteiger partial charge >= 0.3 is 6.09 Å². The lowest BCUT2D eigenvalue weighted by Crippen LogP contribution is -2.46. The molecule has 1 aromatic rings. The third kappa shape index (κ3) is 2.96. The predicted octanol–water partition coefficient (Wildman–Crippen LogP) is 2.11. The van der Waals surface area contributed by atoms with Crippen molar-refractivity contribution in [3.05, 3.63) is 35.9 Å². The first kappa shape index (κ1) is 16.0. The van der Waals surface area contributed by atoms with Crippen LogP contribution >= 0.6 is 0 Å². The highest BCUT2D eigenvalue weighted by Gasteiger charge is 2.58. The molecule has 4 atom stereocenters. The summed E-state index contributed by atoms with van der Waals surface area (Å²) in [6.45, 7) is 5.61. The number of hydrogen-bond acceptors (Lipinski definition) is 5. The predicted molar refractivity (Wildman–Crippen MR) is 81.6 cm³/mol. The lowest BCUT2D eigenvalue weighted by atomic mass is 10.1. The van der Waals surface area contributed by atoms with E-state index in [0.29, 0.717) is 0 Å². The molecule has 2 heterocycles. The summed E-state index contributed by atoms with van der Waals surface area (Å²) in [6, 6.07) is 8.42. The Hall–Kier alpha value is -1.92. The van der Waals surface area contributed by atoms with E-state index >= 15 is 0 Å². The SMILES string of the molecule is C[C@@H]1[C@H]2OC(C)(C)O[C@H]2[C@@H](C=O)N1C(=O)OCc1ccccc1. The van der Waals surface area contributed by atoms with Crippen LogP contribution in [0.15, 0.2) is 30.3 Å². The maximum absolute atomic E-state index is 12.4. The first-order valence-electron chi connectivity index (χ1n) is 7.73. The molecule has 0 N–H and O–H groups in total. The van der Waals surface area contributed by atoms with Crippen molar-refractivity contribution in [3.63, 3.8) is 0 Å². The van der Waals surface area contributed by atoms with Crippen molar-refractivity contribution in [1.29, 1.82) is 0 Å². The summed E-state index contributed by atoms with van der Waals surface area (Å²) < 4.78 is 17.0. The quantitative estimate of drug-likeness (QED) is 0.799. The minimum Gasteiger partial charge on any atom is -0.445 e. The molecule has 0 saturated carbocycles. The van der Waals surface area contributed by atoms with E-state index in [4.69, 9.17) is 14.2 Å². The van der Waals surface area contributed by atoms with Crippen LogP contribution in [-0.2, 0) is 25.6 Å². The molecule has 0 unspecified atom stereocenters. The van der Waals surface area contributed by atoms with Crippen LogP contribution in [0.1, 0.15) is 26.3 Å². The molecule has 2 saturated heterocycles. The van der Waals surface area contributed by atoms with Crippen LogP contribution in [0.5, 0.6) is 0 Å². The van der Waals surface area contributed by atoms with Crippen molar-refractivity contribution in [3.8, 4) is 0 Å². The number of amides is 1. The molecule has 1 aromatic carbocycles. The maximum atomic E-state index is 12.4. The Morgan fingerprint density at radius 3 is 2.57 bits per heavy atom. The minimum atomic E-state index is -0.745. The van der Waals surface area contributed by atoms with E-state index in [2.05, 4.69) is 0 Å². The van der Waals surface area contributed by atoms with Crippen LogP contribution in [0.3, 0.4) is 0 Å². The van der Waals surface area contributed by atoms with Crippen LogP contribution in [0, 0.1) is 0 Å². The second-order valence-corrected chi connectivity index (χ2v) is 6.38. The van der Waals surface area contributed by atoms with Crippen molar-refractivity contribution >= 4 is 12.4 Å². The fourth-order valence-corrected chi connectivity index (χ4v) is 3.27. The van der Waals surface area contributed by atoms with Gasteiger partial charge in [0.25, 0.3) is 0 Å². The Morgan fingerprint density at radius 1 is 1.26 bits per heavy atom. The monoisotopic (exact) mass is 319 g/mol. The first-order valence-corrected chi connectivity index (χ1v) is 7.73. The van der Waals surface area contributed by atoms with Crippen molar-refractivity contribution in [1.82, 2.24) is 4.90 Å². The average molecular weight is 319 g/mol. The third-order valence-corrected chi connectivity index (χ3v) is 4.29. The summed E-state index contributed by atoms with van der Waals surface area (Å²) in [5.41, 5.74) is 0.893. The van der Waals surface area contributed by atoms with Gasteiger partial charge in [-0.05, 0) is 26.3 Å². The molecule has 124 valence electrons. The Morgan fingerprint density at radius 2 is 1.91 bits per heavy atom. The highest BCUT2D eigenvalue weighted by atomic mass is 16.8. The normalized spacial score (nSPS) is 31.7. The summed E-state index contributed by atoms with van der Waals surface area (Å²) in [7, 11) is 0. The number of rotatable bonds is 3. The van der Waals surface area contributed by atoms with Gasteiger partial charge in [-0.3, -0.25) is 4.90 Å². The van der Waals surface area contributed by atoms with Crippen molar-refractivity contribution < 1.29 is 23.8 Å². The number of fused-ring (bicyclic) bond motifs is 1. The molecule has 2 aliphatic heterocycles. The lowest BCUT2D eigenvalue weighted by Gasteiger charge is -2.29. The number of aldehydes is 1. The van der Waals surface area contributed by atoms with Crippen LogP contribution in [0.2, 0.25) is 0 Å². The largest absolute Gasteiger partial charge is 0.445 e. The summed E-state index contributed by atoms with van der Waals surface area (Å²) in [4.78, 5) is 25.4. The average Bonchev–Trinajstić information content (AvgIpc) is 2.97. The number of carbonyl (C=O) groups is 2. The van der Waals surface area contributed by atoms with E-state index in [-0.39, 0.29) is 18.8 Å². The second kappa shape index (κ2) is 5.94. The van der Waals surface area contributed by atoms with Gasteiger partial charge in [0.2, 0.25) is 0 Å². The molecule has 6 heteroatoms. The Kier molecular flexibility index (Phi) is 4.12. The van der Waals surface area contributed by atoms with E-state index in [1.54, 1.807) is 13.8 Å². The van der Waals surface area contributed by atoms with Gasteiger partial charge in [0.15, 0.2) is 5.79 Å². The van der Waals surface area contributed by atoms with E-state index in [1.165, 1.54) is 4.90 Å². The van der Waals surface area contributed by atoms with Gasteiger partial charge in [0.1, 0.15) is 31.1 Å². The summed E-state index contributed by atoms with van der Waals surface area (Å²) in [6.07, 6.45) is -0.584. The molecule has 6 nitrogen and oxygen atoms in total. The molecule has 2 fully saturated rings. The van der Waals surface area contributed by atoms with Crippen LogP contribution in [0.4, 0.5) is 4.79 Å². The number of benzene rings is 1. The van der Waals surface area contributed by atoms with Crippen LogP contribution in [-0.4, -0.2) is 47.4 Å². The van der Waals surface area contributed by atoms with Gasteiger partial charge in [0, 0.05) is 0 Å². The number of ether oxygens (including phenoxy) is 3. The van der Waals surface area contributed by atoms with E-state index in [0.717, 1.165) is 11.8 Å². The first-order chi connectivity index (χ1) is 10.9. The number of likely N-dealkylation sites (tertiary alicyclic amines) is 1. The molecule has 0 bridgehead atoms. The fourth-order valence-electron chi connectivity index (χ4n) is 3.27. The lowest BCUT2D eigenvalue weighted by molar-refractivity contribution is -0.165. The maximum Gasteiger partial charge on any atom is 0.411 e. The van der Waals surface area contributed by atoms with Gasteiger partial charge in [-0.2, -0.15) is 0 Å².